The molecule has 0 aromatic heterocycles. The van der Waals surface area contributed by atoms with Gasteiger partial charge in [-0.3, -0.25) is 0 Å². The summed E-state index contributed by atoms with van der Waals surface area (Å²) in [5.41, 5.74) is 0. The standard InChI is InChI=1S/C8H17N3O2/c1-6-7(12)13-9-8(10(2)3)11(4)5/h6H2,1-5H3. The summed E-state index contributed by atoms with van der Waals surface area (Å²) in [7, 11) is 7.33. The molecule has 5 heteroatoms. The largest absolute Gasteiger partial charge is 0.346 e. The van der Waals surface area contributed by atoms with Crippen LogP contribution in [0.4, 0.5) is 0 Å². The van der Waals surface area contributed by atoms with E-state index < -0.39 is 0 Å². The van der Waals surface area contributed by atoms with E-state index in [4.69, 9.17) is 0 Å². The lowest BCUT2D eigenvalue weighted by atomic mass is 10.5. The monoisotopic (exact) mass is 187 g/mol. The third-order valence-electron chi connectivity index (χ3n) is 1.32. The van der Waals surface area contributed by atoms with Crippen LogP contribution in [-0.2, 0) is 9.63 Å². The Morgan fingerprint density at radius 1 is 1.23 bits per heavy atom. The van der Waals surface area contributed by atoms with Crippen molar-refractivity contribution in [3.8, 4) is 0 Å². The van der Waals surface area contributed by atoms with Crippen LogP contribution in [0.2, 0.25) is 0 Å². The molecule has 5 nitrogen and oxygen atoms in total. The summed E-state index contributed by atoms with van der Waals surface area (Å²) in [4.78, 5) is 19.0. The smallest absolute Gasteiger partial charge is 0.334 e. The molecule has 13 heavy (non-hydrogen) atoms. The Hall–Kier alpha value is -1.26. The first-order valence-corrected chi connectivity index (χ1v) is 4.11. The minimum Gasteiger partial charge on any atom is -0.346 e. The second-order valence-corrected chi connectivity index (χ2v) is 3.00. The Labute approximate surface area is 78.9 Å². The molecule has 0 spiro atoms. The summed E-state index contributed by atoms with van der Waals surface area (Å²) in [6.07, 6.45) is 0.331. The lowest BCUT2D eigenvalue weighted by Crippen LogP contribution is -2.35. The van der Waals surface area contributed by atoms with Gasteiger partial charge in [-0.25, -0.2) is 4.79 Å². The van der Waals surface area contributed by atoms with E-state index in [2.05, 4.69) is 9.99 Å². The van der Waals surface area contributed by atoms with Crippen molar-refractivity contribution in [1.29, 1.82) is 0 Å². The zero-order valence-corrected chi connectivity index (χ0v) is 8.87. The van der Waals surface area contributed by atoms with Gasteiger partial charge >= 0.3 is 5.97 Å². The first-order valence-electron chi connectivity index (χ1n) is 4.11. The molecule has 0 rings (SSSR count). The van der Waals surface area contributed by atoms with E-state index in [1.54, 1.807) is 16.7 Å². The van der Waals surface area contributed by atoms with Gasteiger partial charge in [-0.1, -0.05) is 6.92 Å². The Bertz CT molecular complexity index is 190. The first-order chi connectivity index (χ1) is 5.99. The van der Waals surface area contributed by atoms with Crippen molar-refractivity contribution in [2.45, 2.75) is 13.3 Å². The number of carbonyl (C=O) groups excluding carboxylic acids is 1. The average Bonchev–Trinajstić information content (AvgIpc) is 2.03. The van der Waals surface area contributed by atoms with E-state index in [9.17, 15) is 4.79 Å². The van der Waals surface area contributed by atoms with Crippen molar-refractivity contribution in [2.75, 3.05) is 28.2 Å². The van der Waals surface area contributed by atoms with Crippen molar-refractivity contribution in [3.63, 3.8) is 0 Å². The van der Waals surface area contributed by atoms with Crippen LogP contribution in [0, 0.1) is 0 Å². The van der Waals surface area contributed by atoms with Gasteiger partial charge in [0.2, 0.25) is 5.96 Å². The predicted octanol–water partition coefficient (Wildman–Crippen LogP) is 0.334. The van der Waals surface area contributed by atoms with Crippen LogP contribution in [0.25, 0.3) is 0 Å². The highest BCUT2D eigenvalue weighted by Gasteiger charge is 2.06. The van der Waals surface area contributed by atoms with Crippen LogP contribution in [-0.4, -0.2) is 49.9 Å². The van der Waals surface area contributed by atoms with Crippen LogP contribution in [0.3, 0.4) is 0 Å². The number of carbonyl (C=O) groups is 1. The van der Waals surface area contributed by atoms with Crippen molar-refractivity contribution >= 4 is 11.9 Å². The highest BCUT2D eigenvalue weighted by Crippen LogP contribution is 1.92. The molecule has 0 aliphatic heterocycles. The molecular formula is C8H17N3O2. The van der Waals surface area contributed by atoms with Gasteiger partial charge < -0.3 is 14.6 Å². The quantitative estimate of drug-likeness (QED) is 0.270. The lowest BCUT2D eigenvalue weighted by Gasteiger charge is -2.21. The molecule has 0 saturated heterocycles. The van der Waals surface area contributed by atoms with E-state index in [0.717, 1.165) is 0 Å². The maximum absolute atomic E-state index is 10.8. The van der Waals surface area contributed by atoms with Gasteiger partial charge in [0.1, 0.15) is 0 Å². The minimum atomic E-state index is -0.332. The van der Waals surface area contributed by atoms with Crippen LogP contribution in [0.1, 0.15) is 13.3 Å². The molecule has 0 unspecified atom stereocenters. The summed E-state index contributed by atoms with van der Waals surface area (Å²) >= 11 is 0. The van der Waals surface area contributed by atoms with E-state index >= 15 is 0 Å². The number of rotatable bonds is 2. The SMILES string of the molecule is CCC(=O)ON=C(N(C)C)N(C)C. The summed E-state index contributed by atoms with van der Waals surface area (Å²) in [6.45, 7) is 1.73. The molecule has 0 bridgehead atoms. The maximum Gasteiger partial charge on any atom is 0.334 e. The molecule has 0 heterocycles. The topological polar surface area (TPSA) is 45.1 Å². The summed E-state index contributed by atoms with van der Waals surface area (Å²) in [5, 5.41) is 3.71. The van der Waals surface area contributed by atoms with E-state index in [0.29, 0.717) is 12.4 Å². The first kappa shape index (κ1) is 11.7. The van der Waals surface area contributed by atoms with Crippen LogP contribution < -0.4 is 0 Å². The molecule has 0 fully saturated rings. The number of hydrogen-bond acceptors (Lipinski definition) is 3. The molecule has 0 aromatic carbocycles. The Balaban J connectivity index is 4.29. The van der Waals surface area contributed by atoms with Crippen molar-refractivity contribution in [1.82, 2.24) is 9.80 Å². The molecule has 0 N–H and O–H groups in total. The highest BCUT2D eigenvalue weighted by molar-refractivity contribution is 5.79. The van der Waals surface area contributed by atoms with Gasteiger partial charge in [0.15, 0.2) is 0 Å². The average molecular weight is 187 g/mol. The molecule has 0 saturated carbocycles. The van der Waals surface area contributed by atoms with Crippen LogP contribution >= 0.6 is 0 Å². The van der Waals surface area contributed by atoms with E-state index in [1.165, 1.54) is 0 Å². The maximum atomic E-state index is 10.8. The molecule has 0 atom stereocenters. The van der Waals surface area contributed by atoms with Crippen molar-refractivity contribution in [2.24, 2.45) is 5.16 Å². The highest BCUT2D eigenvalue weighted by atomic mass is 16.7. The van der Waals surface area contributed by atoms with Gasteiger partial charge in [0, 0.05) is 34.6 Å². The third-order valence-corrected chi connectivity index (χ3v) is 1.32. The Morgan fingerprint density at radius 3 is 2.00 bits per heavy atom. The molecular weight excluding hydrogens is 170 g/mol. The van der Waals surface area contributed by atoms with Crippen LogP contribution in [0.15, 0.2) is 5.16 Å². The second kappa shape index (κ2) is 5.40. The third kappa shape index (κ3) is 4.35. The normalized spacial score (nSPS) is 9.00. The van der Waals surface area contributed by atoms with Gasteiger partial charge in [-0.15, -0.1) is 0 Å². The second-order valence-electron chi connectivity index (χ2n) is 3.00. The molecule has 0 aromatic rings. The fourth-order valence-corrected chi connectivity index (χ4v) is 0.720. The number of guanidine groups is 1. The predicted molar refractivity (Wildman–Crippen MR) is 51.2 cm³/mol. The molecule has 76 valence electrons. The van der Waals surface area contributed by atoms with E-state index in [1.807, 2.05) is 28.2 Å². The molecule has 0 aliphatic rings. The van der Waals surface area contributed by atoms with Gasteiger partial charge in [0.05, 0.1) is 0 Å². The molecule has 0 radical (unpaired) electrons. The summed E-state index contributed by atoms with van der Waals surface area (Å²) in [6, 6.07) is 0. The fraction of sp³-hybridized carbons (Fsp3) is 0.750. The minimum absolute atomic E-state index is 0.331. The summed E-state index contributed by atoms with van der Waals surface area (Å²) in [5.74, 6) is 0.267. The zero-order valence-electron chi connectivity index (χ0n) is 8.87. The molecule has 0 amide bonds. The van der Waals surface area contributed by atoms with Crippen molar-refractivity contribution in [3.05, 3.63) is 0 Å². The number of hydrogen-bond donors (Lipinski definition) is 0. The van der Waals surface area contributed by atoms with Crippen molar-refractivity contribution < 1.29 is 9.63 Å². The van der Waals surface area contributed by atoms with Crippen LogP contribution in [0.5, 0.6) is 0 Å². The number of oxime groups is 1. The van der Waals surface area contributed by atoms with Gasteiger partial charge in [0.25, 0.3) is 0 Å². The fourth-order valence-electron chi connectivity index (χ4n) is 0.720. The lowest BCUT2D eigenvalue weighted by molar-refractivity contribution is -0.143. The zero-order chi connectivity index (χ0) is 10.4. The van der Waals surface area contributed by atoms with Gasteiger partial charge in [-0.2, -0.15) is 0 Å². The Kier molecular flexibility index (Phi) is 4.87. The number of nitrogens with zero attached hydrogens (tertiary/aromatic N) is 3. The Morgan fingerprint density at radius 2 is 1.69 bits per heavy atom. The van der Waals surface area contributed by atoms with E-state index in [-0.39, 0.29) is 5.97 Å². The molecule has 0 aliphatic carbocycles. The van der Waals surface area contributed by atoms with Gasteiger partial charge in [-0.05, 0) is 5.16 Å². The summed E-state index contributed by atoms with van der Waals surface area (Å²) < 4.78 is 0.